The van der Waals surface area contributed by atoms with Crippen molar-refractivity contribution in [3.63, 3.8) is 0 Å². The average molecular weight is 1340 g/mol. The zero-order valence-corrected chi connectivity index (χ0v) is 52.1. The van der Waals surface area contributed by atoms with E-state index in [1.807, 2.05) is 0 Å². The number of nitrogens with one attached hydrogen (secondary N) is 8. The van der Waals surface area contributed by atoms with Crippen molar-refractivity contribution in [1.82, 2.24) is 42.5 Å². The molecule has 91 heavy (non-hydrogen) atoms. The van der Waals surface area contributed by atoms with Gasteiger partial charge < -0.3 is 145 Å². The van der Waals surface area contributed by atoms with Gasteiger partial charge in [-0.1, -0.05) is 0 Å². The SMILES string of the molecule is CC(=O)NC1C(OCCOCCNC(=O)CCC(NC(=O)CCC(NC(=O)CCOCCOP(C)(=O)O)C(=O)NCCOCCOC2OC(CO)C(O)C(O)C2NC(C)=O)C(=O)NCCOCCOC2OC(CO)C(O)C(O)C2NC(C)=O)OC(CO)C(O)C1O. The van der Waals surface area contributed by atoms with E-state index in [-0.39, 0.29) is 125 Å². The van der Waals surface area contributed by atoms with Crippen LogP contribution in [-0.2, 0) is 94.8 Å². The van der Waals surface area contributed by atoms with E-state index < -0.39 is 185 Å². The quantitative estimate of drug-likeness (QED) is 0.0199. The van der Waals surface area contributed by atoms with Gasteiger partial charge in [-0.2, -0.15) is 0 Å². The summed E-state index contributed by atoms with van der Waals surface area (Å²) in [5, 5.41) is 111. The topological polar surface area (TPSA) is 554 Å². The number of rotatable bonds is 44. The summed E-state index contributed by atoms with van der Waals surface area (Å²) in [5.74, 6) is -5.26. The van der Waals surface area contributed by atoms with Crippen molar-refractivity contribution in [1.29, 1.82) is 0 Å². The minimum absolute atomic E-state index is 0.0373. The Labute approximate surface area is 524 Å². The molecule has 0 aliphatic carbocycles. The van der Waals surface area contributed by atoms with E-state index >= 15 is 0 Å². The number of aliphatic hydroxyl groups excluding tert-OH is 9. The van der Waals surface area contributed by atoms with Crippen LogP contribution in [0, 0.1) is 0 Å². The number of carbonyl (C=O) groups excluding carboxylic acids is 8. The highest BCUT2D eigenvalue weighted by Crippen LogP contribution is 2.36. The van der Waals surface area contributed by atoms with Crippen LogP contribution in [0.3, 0.4) is 0 Å². The van der Waals surface area contributed by atoms with Gasteiger partial charge in [0.1, 0.15) is 85.1 Å². The first-order chi connectivity index (χ1) is 43.2. The highest BCUT2D eigenvalue weighted by Gasteiger charge is 2.48. The fraction of sp³-hybridized carbons (Fsp3) is 0.846. The third kappa shape index (κ3) is 30.4. The molecule has 18 unspecified atom stereocenters. The summed E-state index contributed by atoms with van der Waals surface area (Å²) < 4.78 is 71.4. The van der Waals surface area contributed by atoms with E-state index in [4.69, 9.17) is 51.9 Å². The maximum Gasteiger partial charge on any atom is 0.325 e. The summed E-state index contributed by atoms with van der Waals surface area (Å²) in [7, 11) is -3.78. The van der Waals surface area contributed by atoms with Gasteiger partial charge >= 0.3 is 7.60 Å². The molecule has 3 rings (SSSR count). The molecule has 8 amide bonds. The molecule has 3 aliphatic heterocycles. The average Bonchev–Trinajstić information content (AvgIpc) is 1.78. The molecule has 3 saturated heterocycles. The van der Waals surface area contributed by atoms with Gasteiger partial charge in [0.15, 0.2) is 18.9 Å². The zero-order chi connectivity index (χ0) is 67.6. The summed E-state index contributed by atoms with van der Waals surface area (Å²) in [6.45, 7) is 0.482. The van der Waals surface area contributed by atoms with Crippen molar-refractivity contribution in [3.05, 3.63) is 0 Å². The summed E-state index contributed by atoms with van der Waals surface area (Å²) in [6.07, 6.45) is -18.4. The first-order valence-electron chi connectivity index (χ1n) is 29.4. The summed E-state index contributed by atoms with van der Waals surface area (Å²) >= 11 is 0. The number of hydrogen-bond acceptors (Lipinski definition) is 29. The molecule has 526 valence electrons. The van der Waals surface area contributed by atoms with Crippen molar-refractivity contribution < 1.29 is 146 Å². The Balaban J connectivity index is 1.62. The van der Waals surface area contributed by atoms with Gasteiger partial charge in [-0.25, -0.2) is 0 Å². The van der Waals surface area contributed by atoms with Crippen molar-refractivity contribution in [2.75, 3.05) is 125 Å². The molecule has 0 bridgehead atoms. The Morgan fingerprint density at radius 2 is 0.747 bits per heavy atom. The Morgan fingerprint density at radius 1 is 0.429 bits per heavy atom. The van der Waals surface area contributed by atoms with E-state index in [0.717, 1.165) is 6.66 Å². The summed E-state index contributed by atoms with van der Waals surface area (Å²) in [5.41, 5.74) is 0. The lowest BCUT2D eigenvalue weighted by atomic mass is 9.97. The lowest BCUT2D eigenvalue weighted by Gasteiger charge is -2.42. The lowest BCUT2D eigenvalue weighted by Crippen LogP contribution is -2.64. The number of ether oxygens (including phenoxy) is 10. The Hall–Kier alpha value is -4.85. The first-order valence-corrected chi connectivity index (χ1v) is 31.4. The molecule has 3 fully saturated rings. The summed E-state index contributed by atoms with van der Waals surface area (Å²) in [6, 6.07) is -6.32. The van der Waals surface area contributed by atoms with Crippen molar-refractivity contribution in [2.24, 2.45) is 0 Å². The molecule has 39 heteroatoms. The number of hydrogen-bond donors (Lipinski definition) is 18. The monoisotopic (exact) mass is 1340 g/mol. The van der Waals surface area contributed by atoms with Gasteiger partial charge in [-0.3, -0.25) is 42.9 Å². The van der Waals surface area contributed by atoms with Crippen molar-refractivity contribution in [2.45, 2.75) is 157 Å². The normalized spacial score (nSPS) is 27.9. The molecule has 3 heterocycles. The third-order valence-electron chi connectivity index (χ3n) is 13.6. The minimum atomic E-state index is -3.78. The van der Waals surface area contributed by atoms with Crippen LogP contribution in [0.4, 0.5) is 0 Å². The molecular formula is C52H93N8O30P. The lowest BCUT2D eigenvalue weighted by molar-refractivity contribution is -0.272. The van der Waals surface area contributed by atoms with E-state index in [0.29, 0.717) is 0 Å². The van der Waals surface area contributed by atoms with E-state index in [2.05, 4.69) is 42.5 Å². The van der Waals surface area contributed by atoms with Crippen LogP contribution in [0.15, 0.2) is 0 Å². The molecule has 18 N–H and O–H groups in total. The van der Waals surface area contributed by atoms with Crippen LogP contribution < -0.4 is 42.5 Å². The Bertz CT molecular complexity index is 2270. The first kappa shape index (κ1) is 80.4. The molecular weight excluding hydrogens is 1250 g/mol. The minimum Gasteiger partial charge on any atom is -0.394 e. The van der Waals surface area contributed by atoms with Crippen LogP contribution in [0.1, 0.15) is 52.9 Å². The fourth-order valence-corrected chi connectivity index (χ4v) is 9.47. The standard InChI is InChI=1S/C52H93N8O30P/c1-28(64)56-39-45(73)42(70)33(25-61)88-50(39)84-21-17-81-14-10-53-36(67)7-5-31(48(76)54-11-15-82-18-22-85-51-40(57-29(2)65)46(74)43(71)34(26-62)89-51)59-37(68)8-6-32(60-38(69)9-13-80-20-24-87-91(4,78)79)49(77)55-12-16-83-19-23-86-52-41(58-30(3)66)47(75)44(72)35(27-63)90-52/h31-35,39-47,50-52,61-63,70-75H,5-27H2,1-4H3,(H,53,67)(H,54,76)(H,55,77)(H,56,64)(H,57,65)(H,58,66)(H,59,68)(H,60,69)(H,78,79). The predicted octanol–water partition coefficient (Wildman–Crippen LogP) is -9.97. The fourth-order valence-electron chi connectivity index (χ4n) is 9.06. The van der Waals surface area contributed by atoms with Crippen LogP contribution in [-0.4, -0.2) is 328 Å². The largest absolute Gasteiger partial charge is 0.394 e. The highest BCUT2D eigenvalue weighted by molar-refractivity contribution is 7.51. The molecule has 0 aromatic carbocycles. The molecule has 0 saturated carbocycles. The van der Waals surface area contributed by atoms with Gasteiger partial charge in [-0.05, 0) is 12.8 Å². The third-order valence-corrected chi connectivity index (χ3v) is 14.3. The van der Waals surface area contributed by atoms with E-state index in [1.54, 1.807) is 0 Å². The highest BCUT2D eigenvalue weighted by atomic mass is 31.2. The molecule has 38 nitrogen and oxygen atoms in total. The molecule has 3 aliphatic rings. The van der Waals surface area contributed by atoms with Crippen LogP contribution in [0.25, 0.3) is 0 Å². The number of carbonyl (C=O) groups is 8. The van der Waals surface area contributed by atoms with Crippen LogP contribution in [0.5, 0.6) is 0 Å². The predicted molar refractivity (Wildman–Crippen MR) is 305 cm³/mol. The van der Waals surface area contributed by atoms with Crippen LogP contribution >= 0.6 is 7.60 Å². The van der Waals surface area contributed by atoms with Crippen molar-refractivity contribution in [3.8, 4) is 0 Å². The van der Waals surface area contributed by atoms with Gasteiger partial charge in [0.05, 0.1) is 99.1 Å². The van der Waals surface area contributed by atoms with Crippen molar-refractivity contribution >= 4 is 54.9 Å². The van der Waals surface area contributed by atoms with Gasteiger partial charge in [0.25, 0.3) is 0 Å². The zero-order valence-electron chi connectivity index (χ0n) is 51.2. The summed E-state index contributed by atoms with van der Waals surface area (Å²) in [4.78, 5) is 112. The maximum atomic E-state index is 13.7. The van der Waals surface area contributed by atoms with Gasteiger partial charge in [-0.15, -0.1) is 0 Å². The molecule has 0 radical (unpaired) electrons. The van der Waals surface area contributed by atoms with E-state index in [1.165, 1.54) is 20.8 Å². The molecule has 0 spiro atoms. The van der Waals surface area contributed by atoms with Crippen LogP contribution in [0.2, 0.25) is 0 Å². The second-order valence-electron chi connectivity index (χ2n) is 21.0. The second-order valence-corrected chi connectivity index (χ2v) is 22.9. The van der Waals surface area contributed by atoms with Gasteiger partial charge in [0, 0.05) is 66.3 Å². The molecule has 0 aromatic rings. The van der Waals surface area contributed by atoms with E-state index in [9.17, 15) is 93.8 Å². The number of amides is 8. The molecule has 18 atom stereocenters. The second kappa shape index (κ2) is 43.2. The van der Waals surface area contributed by atoms with Gasteiger partial charge in [0.2, 0.25) is 47.3 Å². The Kier molecular flexibility index (Phi) is 38.2. The Morgan fingerprint density at radius 3 is 1.09 bits per heavy atom. The smallest absolute Gasteiger partial charge is 0.325 e. The maximum absolute atomic E-state index is 13.7. The molecule has 0 aromatic heterocycles. The number of aliphatic hydroxyl groups is 9.